The third-order valence-electron chi connectivity index (χ3n) is 3.23. The molecule has 2 aromatic carbocycles. The van der Waals surface area contributed by atoms with Gasteiger partial charge in [0.1, 0.15) is 6.61 Å². The second-order valence-electron chi connectivity index (χ2n) is 5.44. The van der Waals surface area contributed by atoms with Gasteiger partial charge in [-0.05, 0) is 35.4 Å². The second-order valence-corrected chi connectivity index (χ2v) is 5.88. The van der Waals surface area contributed by atoms with E-state index in [-0.39, 0.29) is 12.4 Å². The van der Waals surface area contributed by atoms with E-state index >= 15 is 0 Å². The highest BCUT2D eigenvalue weighted by Gasteiger charge is 2.07. The normalized spacial score (nSPS) is 10.3. The molecule has 0 aliphatic heterocycles. The molecule has 0 bridgehead atoms. The van der Waals surface area contributed by atoms with Crippen molar-refractivity contribution < 1.29 is 9.47 Å². The summed E-state index contributed by atoms with van der Waals surface area (Å²) in [6.07, 6.45) is 0. The molecule has 0 saturated carbocycles. The molecule has 0 atom stereocenters. The molecule has 0 aliphatic carbocycles. The fourth-order valence-electron chi connectivity index (χ4n) is 2.05. The Kier molecular flexibility index (Phi) is 8.24. The fraction of sp³-hybridized carbons (Fsp3) is 0.333. The lowest BCUT2D eigenvalue weighted by atomic mass is 10.2. The highest BCUT2D eigenvalue weighted by atomic mass is 35.5. The molecule has 126 valence electrons. The van der Waals surface area contributed by atoms with Gasteiger partial charge < -0.3 is 14.8 Å². The third-order valence-corrected chi connectivity index (χ3v) is 3.46. The molecule has 0 heterocycles. The quantitative estimate of drug-likeness (QED) is 0.770. The SMILES string of the molecule is COc1cc(CNC(C)C)ccc1OCc1cccc(Cl)c1.Cl. The summed E-state index contributed by atoms with van der Waals surface area (Å²) in [4.78, 5) is 0. The molecule has 2 rings (SSSR count). The van der Waals surface area contributed by atoms with E-state index in [2.05, 4.69) is 19.2 Å². The van der Waals surface area contributed by atoms with Gasteiger partial charge in [-0.2, -0.15) is 0 Å². The first-order chi connectivity index (χ1) is 10.6. The number of hydrogen-bond acceptors (Lipinski definition) is 3. The summed E-state index contributed by atoms with van der Waals surface area (Å²) >= 11 is 5.98. The molecule has 23 heavy (non-hydrogen) atoms. The Bertz CT molecular complexity index is 618. The largest absolute Gasteiger partial charge is 0.493 e. The Balaban J connectivity index is 0.00000264. The summed E-state index contributed by atoms with van der Waals surface area (Å²) in [5, 5.41) is 4.10. The van der Waals surface area contributed by atoms with Crippen LogP contribution in [0.3, 0.4) is 0 Å². The molecule has 0 spiro atoms. The van der Waals surface area contributed by atoms with Crippen molar-refractivity contribution in [1.82, 2.24) is 5.32 Å². The van der Waals surface area contributed by atoms with Crippen molar-refractivity contribution in [1.29, 1.82) is 0 Å². The maximum Gasteiger partial charge on any atom is 0.161 e. The molecule has 3 nitrogen and oxygen atoms in total. The lowest BCUT2D eigenvalue weighted by Crippen LogP contribution is -2.21. The van der Waals surface area contributed by atoms with Gasteiger partial charge in [-0.15, -0.1) is 12.4 Å². The molecule has 0 saturated heterocycles. The van der Waals surface area contributed by atoms with Crippen LogP contribution in [0.15, 0.2) is 42.5 Å². The second kappa shape index (κ2) is 9.66. The van der Waals surface area contributed by atoms with Crippen molar-refractivity contribution in [2.75, 3.05) is 7.11 Å². The Hall–Kier alpha value is -1.42. The van der Waals surface area contributed by atoms with Crippen LogP contribution >= 0.6 is 24.0 Å². The first kappa shape index (κ1) is 19.6. The number of rotatable bonds is 7. The van der Waals surface area contributed by atoms with Crippen LogP contribution in [-0.4, -0.2) is 13.2 Å². The minimum absolute atomic E-state index is 0. The highest BCUT2D eigenvalue weighted by Crippen LogP contribution is 2.29. The monoisotopic (exact) mass is 355 g/mol. The van der Waals surface area contributed by atoms with E-state index in [1.54, 1.807) is 7.11 Å². The van der Waals surface area contributed by atoms with Crippen LogP contribution in [0.2, 0.25) is 5.02 Å². The van der Waals surface area contributed by atoms with Gasteiger partial charge in [-0.25, -0.2) is 0 Å². The zero-order chi connectivity index (χ0) is 15.9. The minimum Gasteiger partial charge on any atom is -0.493 e. The van der Waals surface area contributed by atoms with Gasteiger partial charge >= 0.3 is 0 Å². The number of methoxy groups -OCH3 is 1. The lowest BCUT2D eigenvalue weighted by molar-refractivity contribution is 0.284. The predicted molar refractivity (Wildman–Crippen MR) is 98.0 cm³/mol. The summed E-state index contributed by atoms with van der Waals surface area (Å²) in [5.74, 6) is 1.47. The summed E-state index contributed by atoms with van der Waals surface area (Å²) < 4.78 is 11.3. The fourth-order valence-corrected chi connectivity index (χ4v) is 2.26. The van der Waals surface area contributed by atoms with Crippen molar-refractivity contribution in [2.24, 2.45) is 0 Å². The summed E-state index contributed by atoms with van der Waals surface area (Å²) in [6, 6.07) is 14.1. The van der Waals surface area contributed by atoms with Gasteiger partial charge in [0.25, 0.3) is 0 Å². The number of nitrogens with one attached hydrogen (secondary N) is 1. The Morgan fingerprint density at radius 2 is 1.83 bits per heavy atom. The van der Waals surface area contributed by atoms with Gasteiger partial charge in [-0.1, -0.05) is 43.6 Å². The molecule has 0 radical (unpaired) electrons. The van der Waals surface area contributed by atoms with Gasteiger partial charge in [0.2, 0.25) is 0 Å². The number of ether oxygens (including phenoxy) is 2. The van der Waals surface area contributed by atoms with Crippen LogP contribution in [0.4, 0.5) is 0 Å². The number of hydrogen-bond donors (Lipinski definition) is 1. The Morgan fingerprint density at radius 1 is 1.04 bits per heavy atom. The molecule has 0 amide bonds. The third kappa shape index (κ3) is 6.30. The lowest BCUT2D eigenvalue weighted by Gasteiger charge is -2.13. The zero-order valence-electron chi connectivity index (χ0n) is 13.6. The van der Waals surface area contributed by atoms with Crippen LogP contribution in [0.1, 0.15) is 25.0 Å². The minimum atomic E-state index is 0. The van der Waals surface area contributed by atoms with Crippen LogP contribution in [0.25, 0.3) is 0 Å². The molecule has 5 heteroatoms. The first-order valence-electron chi connectivity index (χ1n) is 7.36. The number of benzene rings is 2. The van der Waals surface area contributed by atoms with Crippen LogP contribution in [0.5, 0.6) is 11.5 Å². The van der Waals surface area contributed by atoms with Crippen molar-refractivity contribution in [3.8, 4) is 11.5 Å². The summed E-state index contributed by atoms with van der Waals surface area (Å²) in [5.41, 5.74) is 2.20. The van der Waals surface area contributed by atoms with E-state index < -0.39 is 0 Å². The smallest absolute Gasteiger partial charge is 0.161 e. The molecular weight excluding hydrogens is 333 g/mol. The van der Waals surface area contributed by atoms with Crippen LogP contribution < -0.4 is 14.8 Å². The van der Waals surface area contributed by atoms with Crippen molar-refractivity contribution in [3.05, 3.63) is 58.6 Å². The molecular formula is C18H23Cl2NO2. The van der Waals surface area contributed by atoms with Crippen LogP contribution in [0, 0.1) is 0 Å². The molecule has 0 unspecified atom stereocenters. The highest BCUT2D eigenvalue weighted by molar-refractivity contribution is 6.30. The Morgan fingerprint density at radius 3 is 2.48 bits per heavy atom. The average molecular weight is 356 g/mol. The maximum atomic E-state index is 5.98. The van der Waals surface area contributed by atoms with Gasteiger partial charge in [0, 0.05) is 17.6 Å². The Labute approximate surface area is 149 Å². The van der Waals surface area contributed by atoms with Gasteiger partial charge in [-0.3, -0.25) is 0 Å². The van der Waals surface area contributed by atoms with Gasteiger partial charge in [0.05, 0.1) is 7.11 Å². The summed E-state index contributed by atoms with van der Waals surface area (Å²) in [6.45, 7) is 5.52. The van der Waals surface area contributed by atoms with Crippen molar-refractivity contribution in [2.45, 2.75) is 33.0 Å². The number of halogens is 2. The van der Waals surface area contributed by atoms with Crippen LogP contribution in [-0.2, 0) is 13.2 Å². The van der Waals surface area contributed by atoms with Crippen molar-refractivity contribution in [3.63, 3.8) is 0 Å². The van der Waals surface area contributed by atoms with E-state index in [0.717, 1.165) is 23.6 Å². The standard InChI is InChI=1S/C18H22ClNO2.ClH/c1-13(2)20-11-14-7-8-17(18(10-14)21-3)22-12-15-5-4-6-16(19)9-15;/h4-10,13,20H,11-12H2,1-3H3;1H. The van der Waals surface area contributed by atoms with E-state index in [1.165, 1.54) is 5.56 Å². The van der Waals surface area contributed by atoms with E-state index in [4.69, 9.17) is 21.1 Å². The first-order valence-corrected chi connectivity index (χ1v) is 7.74. The van der Waals surface area contributed by atoms with Crippen molar-refractivity contribution >= 4 is 24.0 Å². The molecule has 0 aromatic heterocycles. The summed E-state index contributed by atoms with van der Waals surface area (Å²) in [7, 11) is 1.65. The maximum absolute atomic E-state index is 5.98. The van der Waals surface area contributed by atoms with E-state index in [0.29, 0.717) is 17.7 Å². The molecule has 0 fully saturated rings. The van der Waals surface area contributed by atoms with E-state index in [1.807, 2.05) is 42.5 Å². The zero-order valence-corrected chi connectivity index (χ0v) is 15.2. The molecule has 0 aliphatic rings. The van der Waals surface area contributed by atoms with E-state index in [9.17, 15) is 0 Å². The van der Waals surface area contributed by atoms with Gasteiger partial charge in [0.15, 0.2) is 11.5 Å². The average Bonchev–Trinajstić information content (AvgIpc) is 2.51. The topological polar surface area (TPSA) is 30.5 Å². The molecule has 2 aromatic rings. The molecule has 1 N–H and O–H groups in total. The predicted octanol–water partition coefficient (Wildman–Crippen LogP) is 4.85.